The second kappa shape index (κ2) is 10.4. The fraction of sp³-hybridized carbons (Fsp3) is 0.292. The molecule has 1 atom stereocenters. The lowest BCUT2D eigenvalue weighted by atomic mass is 9.97. The molecule has 0 bridgehead atoms. The summed E-state index contributed by atoms with van der Waals surface area (Å²) in [5, 5.41) is 12.1. The van der Waals surface area contributed by atoms with Crippen LogP contribution < -0.4 is 10.1 Å². The highest BCUT2D eigenvalue weighted by atomic mass is 16.5. The van der Waals surface area contributed by atoms with E-state index in [9.17, 15) is 14.7 Å². The molecule has 2 N–H and O–H groups in total. The normalized spacial score (nSPS) is 11.8. The van der Waals surface area contributed by atoms with Gasteiger partial charge in [0.2, 0.25) is 0 Å². The van der Waals surface area contributed by atoms with E-state index < -0.39 is 17.9 Å². The van der Waals surface area contributed by atoms with E-state index in [1.165, 1.54) is 0 Å². The Morgan fingerprint density at radius 3 is 2.58 bits per heavy atom. The molecule has 0 spiro atoms. The number of ether oxygens (including phenoxy) is 1. The lowest BCUT2D eigenvalue weighted by Crippen LogP contribution is -2.41. The minimum atomic E-state index is -1.04. The number of aliphatic carboxylic acids is 1. The molecule has 31 heavy (non-hydrogen) atoms. The van der Waals surface area contributed by atoms with Gasteiger partial charge in [-0.05, 0) is 41.7 Å². The number of carbonyl (C=O) groups is 2. The highest BCUT2D eigenvalue weighted by Crippen LogP contribution is 2.28. The van der Waals surface area contributed by atoms with Crippen LogP contribution in [0.15, 0.2) is 67.3 Å². The van der Waals surface area contributed by atoms with Gasteiger partial charge in [0.15, 0.2) is 0 Å². The Morgan fingerprint density at radius 1 is 1.16 bits per heavy atom. The van der Waals surface area contributed by atoms with Crippen LogP contribution in [0, 0.1) is 5.92 Å². The maximum Gasteiger partial charge on any atom is 0.326 e. The predicted octanol–water partition coefficient (Wildman–Crippen LogP) is 3.86. The first-order chi connectivity index (χ1) is 14.9. The van der Waals surface area contributed by atoms with Crippen molar-refractivity contribution in [2.45, 2.75) is 32.9 Å². The van der Waals surface area contributed by atoms with Gasteiger partial charge in [0.1, 0.15) is 18.4 Å². The number of carbonyl (C=O) groups excluding carboxylic acids is 1. The Kier molecular flexibility index (Phi) is 7.43. The molecule has 0 aliphatic carbocycles. The van der Waals surface area contributed by atoms with Crippen LogP contribution in [0.3, 0.4) is 0 Å². The van der Waals surface area contributed by atoms with Gasteiger partial charge in [-0.15, -0.1) is 0 Å². The van der Waals surface area contributed by atoms with Crippen molar-refractivity contribution >= 4 is 11.9 Å². The van der Waals surface area contributed by atoms with Crippen LogP contribution in [-0.2, 0) is 11.3 Å². The van der Waals surface area contributed by atoms with Crippen molar-refractivity contribution in [2.24, 2.45) is 5.92 Å². The summed E-state index contributed by atoms with van der Waals surface area (Å²) in [6, 6.07) is 13.8. The average molecular weight is 421 g/mol. The Morgan fingerprint density at radius 2 is 1.94 bits per heavy atom. The van der Waals surface area contributed by atoms with Crippen LogP contribution in [0.2, 0.25) is 0 Å². The lowest BCUT2D eigenvalue weighted by Gasteiger charge is -2.18. The average Bonchev–Trinajstić information content (AvgIpc) is 3.27. The fourth-order valence-corrected chi connectivity index (χ4v) is 3.28. The van der Waals surface area contributed by atoms with Crippen LogP contribution >= 0.6 is 0 Å². The van der Waals surface area contributed by atoms with E-state index in [1.807, 2.05) is 61.0 Å². The van der Waals surface area contributed by atoms with Crippen LogP contribution in [0.4, 0.5) is 0 Å². The maximum atomic E-state index is 13.0. The highest BCUT2D eigenvalue weighted by Gasteiger charge is 2.23. The molecule has 0 saturated heterocycles. The van der Waals surface area contributed by atoms with E-state index in [4.69, 9.17) is 4.74 Å². The summed E-state index contributed by atoms with van der Waals surface area (Å²) in [5.74, 6) is -0.687. The van der Waals surface area contributed by atoms with Gasteiger partial charge in [-0.2, -0.15) is 0 Å². The third kappa shape index (κ3) is 6.18. The SMILES string of the molecule is CC(C)C[C@H](NC(=O)c1ccc(OCCn2ccnc2)cc1-c1ccccc1)C(=O)O. The maximum absolute atomic E-state index is 13.0. The highest BCUT2D eigenvalue weighted by molar-refractivity contribution is 6.02. The van der Waals surface area contributed by atoms with Crippen molar-refractivity contribution in [3.8, 4) is 16.9 Å². The summed E-state index contributed by atoms with van der Waals surface area (Å²) in [6.45, 7) is 4.95. The summed E-state index contributed by atoms with van der Waals surface area (Å²) in [6.07, 6.45) is 5.66. The quantitative estimate of drug-likeness (QED) is 0.519. The largest absolute Gasteiger partial charge is 0.492 e. The molecule has 1 amide bonds. The first-order valence-electron chi connectivity index (χ1n) is 10.3. The van der Waals surface area contributed by atoms with Crippen LogP contribution in [0.1, 0.15) is 30.6 Å². The standard InChI is InChI=1S/C24H27N3O4/c1-17(2)14-22(24(29)30)26-23(28)20-9-8-19(31-13-12-27-11-10-25-16-27)15-21(20)18-6-4-3-5-7-18/h3-11,15-17,22H,12-14H2,1-2H3,(H,26,28)(H,29,30)/t22-/m0/s1. The summed E-state index contributed by atoms with van der Waals surface area (Å²) in [4.78, 5) is 28.6. The van der Waals surface area contributed by atoms with Gasteiger partial charge in [0.25, 0.3) is 5.91 Å². The Labute approximate surface area is 181 Å². The molecule has 0 fully saturated rings. The molecule has 0 radical (unpaired) electrons. The number of amides is 1. The summed E-state index contributed by atoms with van der Waals surface area (Å²) in [7, 11) is 0. The number of hydrogen-bond acceptors (Lipinski definition) is 4. The Bertz CT molecular complexity index is 1000. The van der Waals surface area contributed by atoms with Crippen molar-refractivity contribution in [1.82, 2.24) is 14.9 Å². The topological polar surface area (TPSA) is 93.5 Å². The number of nitrogens with zero attached hydrogens (tertiary/aromatic N) is 2. The fourth-order valence-electron chi connectivity index (χ4n) is 3.28. The molecule has 3 aromatic rings. The Balaban J connectivity index is 1.83. The van der Waals surface area contributed by atoms with Gasteiger partial charge in [-0.25, -0.2) is 9.78 Å². The molecule has 0 aliphatic heterocycles. The molecule has 2 aromatic carbocycles. The molecule has 0 aliphatic rings. The lowest BCUT2D eigenvalue weighted by molar-refractivity contribution is -0.139. The second-order valence-electron chi connectivity index (χ2n) is 7.72. The third-order valence-corrected chi connectivity index (χ3v) is 4.81. The number of imidazole rings is 1. The second-order valence-corrected chi connectivity index (χ2v) is 7.72. The molecule has 7 nitrogen and oxygen atoms in total. The van der Waals surface area contributed by atoms with Crippen LogP contribution in [-0.4, -0.2) is 39.2 Å². The van der Waals surface area contributed by atoms with E-state index in [-0.39, 0.29) is 5.92 Å². The van der Waals surface area contributed by atoms with E-state index in [0.717, 1.165) is 5.56 Å². The molecule has 1 aromatic heterocycles. The summed E-state index contributed by atoms with van der Waals surface area (Å²) in [5.41, 5.74) is 1.94. The zero-order valence-electron chi connectivity index (χ0n) is 17.7. The summed E-state index contributed by atoms with van der Waals surface area (Å²) < 4.78 is 7.79. The first kappa shape index (κ1) is 22.1. The number of rotatable bonds is 10. The summed E-state index contributed by atoms with van der Waals surface area (Å²) >= 11 is 0. The van der Waals surface area contributed by atoms with Gasteiger partial charge in [-0.1, -0.05) is 44.2 Å². The van der Waals surface area contributed by atoms with E-state index in [0.29, 0.717) is 36.4 Å². The molecule has 1 heterocycles. The molecule has 3 rings (SSSR count). The first-order valence-corrected chi connectivity index (χ1v) is 10.3. The van der Waals surface area contributed by atoms with Crippen LogP contribution in [0.5, 0.6) is 5.75 Å². The molecule has 0 unspecified atom stereocenters. The number of benzene rings is 2. The molecular formula is C24H27N3O4. The van der Waals surface area contributed by atoms with Crippen molar-refractivity contribution in [3.63, 3.8) is 0 Å². The molecular weight excluding hydrogens is 394 g/mol. The van der Waals surface area contributed by atoms with Gasteiger partial charge >= 0.3 is 5.97 Å². The van der Waals surface area contributed by atoms with Gasteiger partial charge in [0.05, 0.1) is 12.9 Å². The molecule has 0 saturated carbocycles. The monoisotopic (exact) mass is 421 g/mol. The van der Waals surface area contributed by atoms with E-state index in [2.05, 4.69) is 10.3 Å². The number of aromatic nitrogens is 2. The zero-order chi connectivity index (χ0) is 22.2. The third-order valence-electron chi connectivity index (χ3n) is 4.81. The van der Waals surface area contributed by atoms with E-state index >= 15 is 0 Å². The van der Waals surface area contributed by atoms with Gasteiger partial charge in [-0.3, -0.25) is 4.79 Å². The van der Waals surface area contributed by atoms with E-state index in [1.54, 1.807) is 24.7 Å². The zero-order valence-corrected chi connectivity index (χ0v) is 17.7. The van der Waals surface area contributed by atoms with Crippen molar-refractivity contribution in [1.29, 1.82) is 0 Å². The van der Waals surface area contributed by atoms with Crippen molar-refractivity contribution in [3.05, 3.63) is 72.8 Å². The number of hydrogen-bond donors (Lipinski definition) is 2. The van der Waals surface area contributed by atoms with Crippen molar-refractivity contribution < 1.29 is 19.4 Å². The number of nitrogens with one attached hydrogen (secondary N) is 1. The number of carboxylic acid groups (broad SMARTS) is 1. The molecule has 7 heteroatoms. The van der Waals surface area contributed by atoms with Gasteiger partial charge < -0.3 is 19.7 Å². The minimum Gasteiger partial charge on any atom is -0.492 e. The van der Waals surface area contributed by atoms with Gasteiger partial charge in [0, 0.05) is 18.0 Å². The predicted molar refractivity (Wildman–Crippen MR) is 118 cm³/mol. The van der Waals surface area contributed by atoms with Crippen LogP contribution in [0.25, 0.3) is 11.1 Å². The Hall–Kier alpha value is -3.61. The molecule has 162 valence electrons. The van der Waals surface area contributed by atoms with Crippen molar-refractivity contribution in [2.75, 3.05) is 6.61 Å². The number of carboxylic acids is 1. The minimum absolute atomic E-state index is 0.140. The smallest absolute Gasteiger partial charge is 0.326 e.